The van der Waals surface area contributed by atoms with Gasteiger partial charge in [0.15, 0.2) is 5.11 Å². The standard InChI is InChI=1S/C20H18ClN5O2S/c21-14-4-1-3-13(11-14)19-24-17(28-25-19)12-22-20(29)23-15-6-8-16(9-7-15)26-10-2-5-18(26)27/h1,3-4,6-9,11H,2,5,10,12H2,(H2,22,23,29). The van der Waals surface area contributed by atoms with Crippen LogP contribution in [-0.4, -0.2) is 27.7 Å². The molecule has 1 aliphatic rings. The molecule has 4 rings (SSSR count). The second-order valence-corrected chi connectivity index (χ2v) is 7.37. The molecule has 0 radical (unpaired) electrons. The average molecular weight is 428 g/mol. The molecule has 1 saturated heterocycles. The van der Waals surface area contributed by atoms with Crippen molar-refractivity contribution in [3.8, 4) is 11.4 Å². The summed E-state index contributed by atoms with van der Waals surface area (Å²) in [6.07, 6.45) is 1.52. The predicted octanol–water partition coefficient (Wildman–Crippen LogP) is 4.00. The molecule has 0 saturated carbocycles. The van der Waals surface area contributed by atoms with E-state index in [4.69, 9.17) is 28.3 Å². The summed E-state index contributed by atoms with van der Waals surface area (Å²) in [5.41, 5.74) is 2.50. The summed E-state index contributed by atoms with van der Waals surface area (Å²) in [7, 11) is 0. The van der Waals surface area contributed by atoms with Crippen LogP contribution in [0.15, 0.2) is 53.1 Å². The van der Waals surface area contributed by atoms with Crippen molar-refractivity contribution in [2.24, 2.45) is 0 Å². The van der Waals surface area contributed by atoms with E-state index in [0.29, 0.717) is 34.8 Å². The number of benzene rings is 2. The quantitative estimate of drug-likeness (QED) is 0.595. The molecule has 0 bridgehead atoms. The normalized spacial score (nSPS) is 13.6. The van der Waals surface area contributed by atoms with Gasteiger partial charge in [-0.25, -0.2) is 0 Å². The van der Waals surface area contributed by atoms with Crippen LogP contribution in [0.4, 0.5) is 11.4 Å². The highest BCUT2D eigenvalue weighted by Crippen LogP contribution is 2.23. The zero-order valence-electron chi connectivity index (χ0n) is 15.4. The number of nitrogens with one attached hydrogen (secondary N) is 2. The molecule has 2 N–H and O–H groups in total. The number of thiocarbonyl (C=S) groups is 1. The van der Waals surface area contributed by atoms with Crippen molar-refractivity contribution in [3.05, 3.63) is 59.4 Å². The summed E-state index contributed by atoms with van der Waals surface area (Å²) in [6, 6.07) is 14.8. The molecular formula is C20H18ClN5O2S. The zero-order chi connectivity index (χ0) is 20.2. The fourth-order valence-electron chi connectivity index (χ4n) is 3.05. The highest BCUT2D eigenvalue weighted by molar-refractivity contribution is 7.80. The molecule has 1 aromatic heterocycles. The first-order chi connectivity index (χ1) is 14.1. The first-order valence-electron chi connectivity index (χ1n) is 9.12. The lowest BCUT2D eigenvalue weighted by Crippen LogP contribution is -2.28. The van der Waals surface area contributed by atoms with Gasteiger partial charge >= 0.3 is 0 Å². The lowest BCUT2D eigenvalue weighted by atomic mass is 10.2. The monoisotopic (exact) mass is 427 g/mol. The van der Waals surface area contributed by atoms with E-state index in [1.807, 2.05) is 36.4 Å². The van der Waals surface area contributed by atoms with Crippen LogP contribution in [-0.2, 0) is 11.3 Å². The summed E-state index contributed by atoms with van der Waals surface area (Å²) < 4.78 is 5.25. The maximum Gasteiger partial charge on any atom is 0.246 e. The SMILES string of the molecule is O=C1CCCN1c1ccc(NC(=S)NCc2nc(-c3cccc(Cl)c3)no2)cc1. The third kappa shape index (κ3) is 4.72. The van der Waals surface area contributed by atoms with Crippen LogP contribution in [0, 0.1) is 0 Å². The molecular weight excluding hydrogens is 410 g/mol. The van der Waals surface area contributed by atoms with Crippen molar-refractivity contribution in [1.82, 2.24) is 15.5 Å². The Morgan fingerprint density at radius 3 is 2.79 bits per heavy atom. The minimum absolute atomic E-state index is 0.166. The fraction of sp³-hybridized carbons (Fsp3) is 0.200. The van der Waals surface area contributed by atoms with Crippen molar-refractivity contribution >= 4 is 46.2 Å². The van der Waals surface area contributed by atoms with Gasteiger partial charge < -0.3 is 20.1 Å². The van der Waals surface area contributed by atoms with Crippen LogP contribution in [0.3, 0.4) is 0 Å². The number of amides is 1. The maximum absolute atomic E-state index is 11.8. The minimum atomic E-state index is 0.166. The molecule has 1 aliphatic heterocycles. The molecule has 2 aromatic carbocycles. The minimum Gasteiger partial charge on any atom is -0.353 e. The van der Waals surface area contributed by atoms with Crippen LogP contribution in [0.25, 0.3) is 11.4 Å². The number of hydrogen-bond acceptors (Lipinski definition) is 5. The Hall–Kier alpha value is -2.97. The fourth-order valence-corrected chi connectivity index (χ4v) is 3.43. The molecule has 0 spiro atoms. The lowest BCUT2D eigenvalue weighted by molar-refractivity contribution is -0.117. The van der Waals surface area contributed by atoms with Gasteiger partial charge in [0, 0.05) is 34.9 Å². The second kappa shape index (κ2) is 8.59. The first-order valence-corrected chi connectivity index (χ1v) is 9.91. The van der Waals surface area contributed by atoms with Crippen molar-refractivity contribution in [1.29, 1.82) is 0 Å². The lowest BCUT2D eigenvalue weighted by Gasteiger charge is -2.16. The molecule has 0 atom stereocenters. The summed E-state index contributed by atoms with van der Waals surface area (Å²) in [4.78, 5) is 18.0. The van der Waals surface area contributed by atoms with Crippen molar-refractivity contribution in [2.75, 3.05) is 16.8 Å². The van der Waals surface area contributed by atoms with E-state index in [2.05, 4.69) is 20.8 Å². The van der Waals surface area contributed by atoms with Crippen molar-refractivity contribution in [3.63, 3.8) is 0 Å². The van der Waals surface area contributed by atoms with Gasteiger partial charge in [0.1, 0.15) is 0 Å². The van der Waals surface area contributed by atoms with Gasteiger partial charge in [-0.2, -0.15) is 4.98 Å². The molecule has 2 heterocycles. The number of carbonyl (C=O) groups is 1. The Morgan fingerprint density at radius 1 is 1.24 bits per heavy atom. The predicted molar refractivity (Wildman–Crippen MR) is 116 cm³/mol. The molecule has 1 amide bonds. The maximum atomic E-state index is 11.8. The Balaban J connectivity index is 1.31. The van der Waals surface area contributed by atoms with E-state index in [0.717, 1.165) is 29.9 Å². The molecule has 0 aliphatic carbocycles. The summed E-state index contributed by atoms with van der Waals surface area (Å²) >= 11 is 11.3. The Morgan fingerprint density at radius 2 is 2.07 bits per heavy atom. The van der Waals surface area contributed by atoms with E-state index < -0.39 is 0 Å². The third-order valence-corrected chi connectivity index (χ3v) is 4.94. The van der Waals surface area contributed by atoms with Gasteiger partial charge in [0.2, 0.25) is 17.6 Å². The van der Waals surface area contributed by atoms with Crippen molar-refractivity contribution < 1.29 is 9.32 Å². The molecule has 1 fully saturated rings. The highest BCUT2D eigenvalue weighted by Gasteiger charge is 2.21. The van der Waals surface area contributed by atoms with Crippen LogP contribution >= 0.6 is 23.8 Å². The average Bonchev–Trinajstić information content (AvgIpc) is 3.36. The molecule has 148 valence electrons. The zero-order valence-corrected chi connectivity index (χ0v) is 17.0. The Bertz CT molecular complexity index is 1040. The third-order valence-electron chi connectivity index (χ3n) is 4.46. The second-order valence-electron chi connectivity index (χ2n) is 6.53. The van der Waals surface area contributed by atoms with Gasteiger partial charge in [-0.1, -0.05) is 28.9 Å². The van der Waals surface area contributed by atoms with E-state index in [9.17, 15) is 4.79 Å². The largest absolute Gasteiger partial charge is 0.353 e. The summed E-state index contributed by atoms with van der Waals surface area (Å²) in [5, 5.41) is 11.1. The smallest absolute Gasteiger partial charge is 0.246 e. The van der Waals surface area contributed by atoms with E-state index in [1.165, 1.54) is 0 Å². The van der Waals surface area contributed by atoms with Gasteiger partial charge in [-0.3, -0.25) is 4.79 Å². The van der Waals surface area contributed by atoms with E-state index >= 15 is 0 Å². The van der Waals surface area contributed by atoms with Crippen LogP contribution in [0.1, 0.15) is 18.7 Å². The highest BCUT2D eigenvalue weighted by atomic mass is 35.5. The van der Waals surface area contributed by atoms with Crippen molar-refractivity contribution in [2.45, 2.75) is 19.4 Å². The summed E-state index contributed by atoms with van der Waals surface area (Å²) in [6.45, 7) is 1.06. The number of aromatic nitrogens is 2. The summed E-state index contributed by atoms with van der Waals surface area (Å²) in [5.74, 6) is 1.04. The van der Waals surface area contributed by atoms with Gasteiger partial charge in [0.25, 0.3) is 0 Å². The topological polar surface area (TPSA) is 83.3 Å². The number of rotatable bonds is 5. The number of carbonyl (C=O) groups excluding carboxylic acids is 1. The number of halogens is 1. The Labute approximate surface area is 178 Å². The van der Waals surface area contributed by atoms with Gasteiger partial charge in [-0.15, -0.1) is 0 Å². The molecule has 9 heteroatoms. The van der Waals surface area contributed by atoms with E-state index in [1.54, 1.807) is 17.0 Å². The van der Waals surface area contributed by atoms with Crippen LogP contribution in [0.5, 0.6) is 0 Å². The number of hydrogen-bond donors (Lipinski definition) is 2. The van der Waals surface area contributed by atoms with Crippen LogP contribution < -0.4 is 15.5 Å². The van der Waals surface area contributed by atoms with Gasteiger partial charge in [0.05, 0.1) is 6.54 Å². The van der Waals surface area contributed by atoms with E-state index in [-0.39, 0.29) is 5.91 Å². The van der Waals surface area contributed by atoms with Gasteiger partial charge in [-0.05, 0) is 55.0 Å². The number of anilines is 2. The number of nitrogens with zero attached hydrogens (tertiary/aromatic N) is 3. The molecule has 3 aromatic rings. The Kier molecular flexibility index (Phi) is 5.73. The molecule has 7 nitrogen and oxygen atoms in total. The van der Waals surface area contributed by atoms with Crippen LogP contribution in [0.2, 0.25) is 5.02 Å². The molecule has 29 heavy (non-hydrogen) atoms. The first kappa shape index (κ1) is 19.4. The molecule has 0 unspecified atom stereocenters.